The predicted octanol–water partition coefficient (Wildman–Crippen LogP) is 1.14. The molecule has 1 heterocycles. The number of benzene rings is 1. The second-order valence-electron chi connectivity index (χ2n) is 3.81. The van der Waals surface area contributed by atoms with Gasteiger partial charge in [-0.25, -0.2) is 0 Å². The average Bonchev–Trinajstić information content (AvgIpc) is 2.57. The summed E-state index contributed by atoms with van der Waals surface area (Å²) in [6, 6.07) is 2.30. The molecule has 1 amide bonds. The zero-order valence-electron chi connectivity index (χ0n) is 9.05. The lowest BCUT2D eigenvalue weighted by Gasteiger charge is -2.17. The minimum atomic E-state index is -0.673. The molecule has 1 aromatic rings. The lowest BCUT2D eigenvalue weighted by Crippen LogP contribution is -2.25. The first kappa shape index (κ1) is 12.3. The van der Waals surface area contributed by atoms with Crippen LogP contribution in [0.15, 0.2) is 12.1 Å². The van der Waals surface area contributed by atoms with E-state index >= 15 is 0 Å². The van der Waals surface area contributed by atoms with Crippen molar-refractivity contribution in [1.82, 2.24) is 0 Å². The van der Waals surface area contributed by atoms with Gasteiger partial charge >= 0.3 is 0 Å². The topological polar surface area (TPSA) is 107 Å². The van der Waals surface area contributed by atoms with Crippen LogP contribution >= 0.6 is 11.6 Å². The van der Waals surface area contributed by atoms with E-state index in [1.165, 1.54) is 6.07 Å². The fourth-order valence-electron chi connectivity index (χ4n) is 1.74. The van der Waals surface area contributed by atoms with Gasteiger partial charge in [0.25, 0.3) is 5.69 Å². The number of anilines is 2. The normalized spacial score (nSPS) is 15.3. The fraction of sp³-hybridized carbons (Fsp3) is 0.200. The number of nitro groups is 1. The summed E-state index contributed by atoms with van der Waals surface area (Å²) in [5.41, 5.74) is 5.57. The summed E-state index contributed by atoms with van der Waals surface area (Å²) in [7, 11) is 0. The second kappa shape index (κ2) is 4.26. The maximum atomic E-state index is 11.6. The van der Waals surface area contributed by atoms with E-state index in [1.807, 2.05) is 0 Å². The molecule has 1 fully saturated rings. The molecule has 2 N–H and O–H groups in total. The first-order chi connectivity index (χ1) is 8.40. The first-order valence-corrected chi connectivity index (χ1v) is 5.33. The number of nitrogens with two attached hydrogens (primary N) is 1. The Bertz CT molecular complexity index is 572. The first-order valence-electron chi connectivity index (χ1n) is 4.95. The number of ketones is 1. The second-order valence-corrected chi connectivity index (χ2v) is 4.22. The van der Waals surface area contributed by atoms with E-state index in [4.69, 9.17) is 17.3 Å². The van der Waals surface area contributed by atoms with Gasteiger partial charge in [0.2, 0.25) is 5.91 Å². The quantitative estimate of drug-likeness (QED) is 0.375. The standard InChI is InChI=1S/C10H8ClN3O4/c11-6-2-7(12)9(3-8(6)14(17)18)13-4-5(15)1-10(13)16/h2-3H,1,4,12H2. The molecule has 0 bridgehead atoms. The molecule has 0 atom stereocenters. The Balaban J connectivity index is 2.51. The Morgan fingerprint density at radius 1 is 1.39 bits per heavy atom. The molecule has 8 heteroatoms. The highest BCUT2D eigenvalue weighted by atomic mass is 35.5. The van der Waals surface area contributed by atoms with Crippen molar-refractivity contribution < 1.29 is 14.5 Å². The van der Waals surface area contributed by atoms with Gasteiger partial charge in [-0.05, 0) is 6.07 Å². The third-order valence-corrected chi connectivity index (χ3v) is 2.87. The molecule has 18 heavy (non-hydrogen) atoms. The molecule has 2 rings (SSSR count). The summed E-state index contributed by atoms with van der Waals surface area (Å²) in [5, 5.41) is 10.6. The Kier molecular flexibility index (Phi) is 2.92. The molecule has 0 radical (unpaired) electrons. The van der Waals surface area contributed by atoms with Gasteiger partial charge in [0.05, 0.1) is 29.3 Å². The molecule has 0 spiro atoms. The van der Waals surface area contributed by atoms with Crippen molar-refractivity contribution in [3.8, 4) is 0 Å². The number of amides is 1. The number of rotatable bonds is 2. The highest BCUT2D eigenvalue weighted by molar-refractivity contribution is 6.33. The van der Waals surface area contributed by atoms with Crippen LogP contribution in [0.3, 0.4) is 0 Å². The van der Waals surface area contributed by atoms with Crippen molar-refractivity contribution in [2.75, 3.05) is 17.2 Å². The van der Waals surface area contributed by atoms with E-state index in [0.29, 0.717) is 0 Å². The van der Waals surface area contributed by atoms with Gasteiger partial charge in [0.1, 0.15) is 5.02 Å². The Morgan fingerprint density at radius 2 is 2.06 bits per heavy atom. The smallest absolute Gasteiger partial charge is 0.290 e. The average molecular weight is 270 g/mol. The molecule has 1 saturated heterocycles. The summed E-state index contributed by atoms with van der Waals surface area (Å²) in [6.07, 6.45) is -0.212. The summed E-state index contributed by atoms with van der Waals surface area (Å²) in [5.74, 6) is -0.680. The van der Waals surface area contributed by atoms with Gasteiger partial charge in [-0.1, -0.05) is 11.6 Å². The summed E-state index contributed by atoms with van der Waals surface area (Å²) < 4.78 is 0. The minimum Gasteiger partial charge on any atom is -0.397 e. The summed E-state index contributed by atoms with van der Waals surface area (Å²) >= 11 is 5.68. The largest absolute Gasteiger partial charge is 0.397 e. The Morgan fingerprint density at radius 3 is 2.56 bits per heavy atom. The van der Waals surface area contributed by atoms with Gasteiger partial charge in [-0.2, -0.15) is 0 Å². The van der Waals surface area contributed by atoms with E-state index in [2.05, 4.69) is 0 Å². The number of hydrogen-bond donors (Lipinski definition) is 1. The maximum Gasteiger partial charge on any atom is 0.290 e. The zero-order valence-corrected chi connectivity index (χ0v) is 9.81. The number of carbonyl (C=O) groups excluding carboxylic acids is 2. The van der Waals surface area contributed by atoms with Crippen LogP contribution in [-0.4, -0.2) is 23.2 Å². The van der Waals surface area contributed by atoms with Crippen LogP contribution in [0, 0.1) is 10.1 Å². The number of Topliss-reactive ketones (excluding diaryl/α,β-unsaturated/α-hetero) is 1. The molecule has 7 nitrogen and oxygen atoms in total. The van der Waals surface area contributed by atoms with Crippen molar-refractivity contribution in [3.63, 3.8) is 0 Å². The fourth-order valence-corrected chi connectivity index (χ4v) is 1.99. The van der Waals surface area contributed by atoms with E-state index in [1.54, 1.807) is 0 Å². The Labute approximate surface area is 106 Å². The molecule has 0 aromatic heterocycles. The molecule has 0 unspecified atom stereocenters. The van der Waals surface area contributed by atoms with Gasteiger partial charge in [0, 0.05) is 6.07 Å². The van der Waals surface area contributed by atoms with Gasteiger partial charge in [-0.3, -0.25) is 19.7 Å². The van der Waals surface area contributed by atoms with Crippen LogP contribution in [0.1, 0.15) is 6.42 Å². The molecule has 1 aliphatic rings. The monoisotopic (exact) mass is 269 g/mol. The third-order valence-electron chi connectivity index (χ3n) is 2.57. The lowest BCUT2D eigenvalue weighted by atomic mass is 10.2. The van der Waals surface area contributed by atoms with Gasteiger partial charge in [0.15, 0.2) is 5.78 Å². The summed E-state index contributed by atoms with van der Waals surface area (Å²) in [4.78, 5) is 33.9. The van der Waals surface area contributed by atoms with E-state index in [-0.39, 0.29) is 40.8 Å². The molecule has 1 aliphatic heterocycles. The molecule has 0 saturated carbocycles. The van der Waals surface area contributed by atoms with Crippen LogP contribution in [0.25, 0.3) is 0 Å². The van der Waals surface area contributed by atoms with E-state index in [9.17, 15) is 19.7 Å². The van der Waals surface area contributed by atoms with Crippen molar-refractivity contribution >= 4 is 40.4 Å². The molecule has 94 valence electrons. The molecular formula is C10H8ClN3O4. The summed E-state index contributed by atoms with van der Waals surface area (Å²) in [6.45, 7) is -0.123. The van der Waals surface area contributed by atoms with Gasteiger partial charge in [-0.15, -0.1) is 0 Å². The minimum absolute atomic E-state index is 0.112. The number of carbonyl (C=O) groups is 2. The third kappa shape index (κ3) is 2.00. The number of nitro benzene ring substituents is 1. The SMILES string of the molecule is Nc1cc(Cl)c([N+](=O)[O-])cc1N1CC(=O)CC1=O. The van der Waals surface area contributed by atoms with Crippen molar-refractivity contribution in [1.29, 1.82) is 0 Å². The van der Waals surface area contributed by atoms with Crippen molar-refractivity contribution in [2.45, 2.75) is 6.42 Å². The van der Waals surface area contributed by atoms with Crippen LogP contribution in [-0.2, 0) is 9.59 Å². The van der Waals surface area contributed by atoms with Crippen LogP contribution in [0.4, 0.5) is 17.1 Å². The van der Waals surface area contributed by atoms with Crippen molar-refractivity contribution in [2.24, 2.45) is 0 Å². The number of nitrogen functional groups attached to an aromatic ring is 1. The molecule has 1 aromatic carbocycles. The number of halogens is 1. The highest BCUT2D eigenvalue weighted by Crippen LogP contribution is 2.35. The number of nitrogens with zero attached hydrogens (tertiary/aromatic N) is 2. The number of hydrogen-bond acceptors (Lipinski definition) is 5. The van der Waals surface area contributed by atoms with Crippen molar-refractivity contribution in [3.05, 3.63) is 27.3 Å². The lowest BCUT2D eigenvalue weighted by molar-refractivity contribution is -0.384. The highest BCUT2D eigenvalue weighted by Gasteiger charge is 2.31. The predicted molar refractivity (Wildman–Crippen MR) is 64.5 cm³/mol. The van der Waals surface area contributed by atoms with Crippen LogP contribution in [0.2, 0.25) is 5.02 Å². The zero-order chi connectivity index (χ0) is 13.4. The van der Waals surface area contributed by atoms with Crippen LogP contribution < -0.4 is 10.6 Å². The molecule has 0 aliphatic carbocycles. The van der Waals surface area contributed by atoms with E-state index in [0.717, 1.165) is 11.0 Å². The molecular weight excluding hydrogens is 262 g/mol. The Hall–Kier alpha value is -2.15. The van der Waals surface area contributed by atoms with Crippen LogP contribution in [0.5, 0.6) is 0 Å². The van der Waals surface area contributed by atoms with E-state index < -0.39 is 10.8 Å². The van der Waals surface area contributed by atoms with Gasteiger partial charge < -0.3 is 10.6 Å². The maximum absolute atomic E-state index is 11.6.